The summed E-state index contributed by atoms with van der Waals surface area (Å²) in [7, 11) is 1.66. The second kappa shape index (κ2) is 5.92. The lowest BCUT2D eigenvalue weighted by atomic mass is 10.2. The van der Waals surface area contributed by atoms with Crippen molar-refractivity contribution in [3.8, 4) is 0 Å². The Bertz CT molecular complexity index is 933. The topological polar surface area (TPSA) is 77.4 Å². The van der Waals surface area contributed by atoms with Gasteiger partial charge in [-0.05, 0) is 27.2 Å². The van der Waals surface area contributed by atoms with E-state index in [2.05, 4.69) is 17.0 Å². The molecule has 130 valence electrons. The van der Waals surface area contributed by atoms with E-state index in [9.17, 15) is 9.59 Å². The van der Waals surface area contributed by atoms with Gasteiger partial charge in [-0.1, -0.05) is 13.3 Å². The molecule has 24 heavy (non-hydrogen) atoms. The molecule has 2 aromatic heterocycles. The number of aromatic nitrogens is 4. The molecule has 0 saturated heterocycles. The molecule has 1 aliphatic rings. The fraction of sp³-hybridized carbons (Fsp3) is 0.625. The predicted molar refractivity (Wildman–Crippen MR) is 95.0 cm³/mol. The van der Waals surface area contributed by atoms with Gasteiger partial charge < -0.3 is 0 Å². The number of hydrogen-bond donors (Lipinski definition) is 0. The average Bonchev–Trinajstić information content (AvgIpc) is 2.96. The monoisotopic (exact) mass is 332 g/mol. The summed E-state index contributed by atoms with van der Waals surface area (Å²) in [6.07, 6.45) is 2.02. The molecular formula is C16H24N6O2. The van der Waals surface area contributed by atoms with E-state index in [1.807, 2.05) is 23.4 Å². The fourth-order valence-electron chi connectivity index (χ4n) is 3.12. The van der Waals surface area contributed by atoms with E-state index in [1.54, 1.807) is 14.0 Å². The minimum Gasteiger partial charge on any atom is -0.294 e. The molecule has 8 heteroatoms. The SMILES string of the molecule is CCCCN1N=C(C)[C@@H](C)n2c1nc1c2c(=O)n(CC)c(=O)n1C. The Morgan fingerprint density at radius 1 is 1.21 bits per heavy atom. The highest BCUT2D eigenvalue weighted by Crippen LogP contribution is 2.29. The van der Waals surface area contributed by atoms with Gasteiger partial charge in [-0.2, -0.15) is 10.1 Å². The second-order valence-corrected chi connectivity index (χ2v) is 6.24. The molecule has 0 aliphatic carbocycles. The van der Waals surface area contributed by atoms with Crippen LogP contribution in [0.5, 0.6) is 0 Å². The van der Waals surface area contributed by atoms with Crippen LogP contribution in [0.3, 0.4) is 0 Å². The Labute approximate surface area is 140 Å². The van der Waals surface area contributed by atoms with Gasteiger partial charge in [-0.25, -0.2) is 9.80 Å². The van der Waals surface area contributed by atoms with Crippen LogP contribution < -0.4 is 16.3 Å². The van der Waals surface area contributed by atoms with Gasteiger partial charge in [-0.15, -0.1) is 0 Å². The molecule has 3 heterocycles. The number of hydrazone groups is 1. The van der Waals surface area contributed by atoms with E-state index in [-0.39, 0.29) is 17.3 Å². The molecule has 0 fully saturated rings. The zero-order valence-corrected chi connectivity index (χ0v) is 14.9. The number of nitrogens with zero attached hydrogens (tertiary/aromatic N) is 6. The highest BCUT2D eigenvalue weighted by Gasteiger charge is 2.30. The quantitative estimate of drug-likeness (QED) is 0.849. The van der Waals surface area contributed by atoms with Crippen LogP contribution in [0.2, 0.25) is 0 Å². The van der Waals surface area contributed by atoms with Gasteiger partial charge in [0.25, 0.3) is 5.56 Å². The van der Waals surface area contributed by atoms with E-state index in [4.69, 9.17) is 0 Å². The van der Waals surface area contributed by atoms with Crippen LogP contribution >= 0.6 is 0 Å². The number of anilines is 1. The third-order valence-corrected chi connectivity index (χ3v) is 4.70. The molecule has 0 N–H and O–H groups in total. The van der Waals surface area contributed by atoms with Crippen molar-refractivity contribution in [2.45, 2.75) is 53.1 Å². The molecule has 0 spiro atoms. The van der Waals surface area contributed by atoms with Crippen molar-refractivity contribution in [3.05, 3.63) is 20.8 Å². The van der Waals surface area contributed by atoms with Gasteiger partial charge in [-0.3, -0.25) is 18.5 Å². The summed E-state index contributed by atoms with van der Waals surface area (Å²) < 4.78 is 4.62. The minimum absolute atomic E-state index is 0.0709. The van der Waals surface area contributed by atoms with Crippen molar-refractivity contribution in [1.82, 2.24) is 18.7 Å². The van der Waals surface area contributed by atoms with Crippen LogP contribution in [0.25, 0.3) is 11.2 Å². The summed E-state index contributed by atoms with van der Waals surface area (Å²) in [5.41, 5.74) is 1.19. The van der Waals surface area contributed by atoms with Crippen LogP contribution in [0, 0.1) is 0 Å². The van der Waals surface area contributed by atoms with Crippen LogP contribution in [0.1, 0.15) is 46.6 Å². The number of hydrogen-bond acceptors (Lipinski definition) is 5. The summed E-state index contributed by atoms with van der Waals surface area (Å²) in [6, 6.07) is -0.0709. The Morgan fingerprint density at radius 3 is 2.54 bits per heavy atom. The van der Waals surface area contributed by atoms with Crippen LogP contribution in [-0.4, -0.2) is 30.9 Å². The van der Waals surface area contributed by atoms with Crippen molar-refractivity contribution in [2.24, 2.45) is 12.1 Å². The molecule has 0 amide bonds. The molecule has 0 aromatic carbocycles. The van der Waals surface area contributed by atoms with Gasteiger partial charge in [0, 0.05) is 20.1 Å². The van der Waals surface area contributed by atoms with E-state index in [1.165, 1.54) is 9.13 Å². The number of unbranched alkanes of at least 4 members (excludes halogenated alkanes) is 1. The van der Waals surface area contributed by atoms with E-state index < -0.39 is 0 Å². The predicted octanol–water partition coefficient (Wildman–Crippen LogP) is 1.47. The molecule has 0 unspecified atom stereocenters. The van der Waals surface area contributed by atoms with Crippen molar-refractivity contribution < 1.29 is 0 Å². The summed E-state index contributed by atoms with van der Waals surface area (Å²) in [5, 5.41) is 6.48. The zero-order valence-electron chi connectivity index (χ0n) is 14.9. The Balaban J connectivity index is 2.36. The first-order valence-corrected chi connectivity index (χ1v) is 8.46. The maximum Gasteiger partial charge on any atom is 0.332 e. The zero-order chi connectivity index (χ0) is 17.6. The molecular weight excluding hydrogens is 308 g/mol. The van der Waals surface area contributed by atoms with Gasteiger partial charge in [0.1, 0.15) is 0 Å². The fourth-order valence-corrected chi connectivity index (χ4v) is 3.12. The normalized spacial score (nSPS) is 17.3. The van der Waals surface area contributed by atoms with Gasteiger partial charge in [0.05, 0.1) is 11.8 Å². The van der Waals surface area contributed by atoms with Crippen LogP contribution in [-0.2, 0) is 13.6 Å². The van der Waals surface area contributed by atoms with Gasteiger partial charge in [0.15, 0.2) is 11.2 Å². The van der Waals surface area contributed by atoms with Crippen molar-refractivity contribution >= 4 is 22.8 Å². The van der Waals surface area contributed by atoms with Crippen molar-refractivity contribution in [1.29, 1.82) is 0 Å². The third-order valence-electron chi connectivity index (χ3n) is 4.70. The average molecular weight is 332 g/mol. The number of rotatable bonds is 4. The Morgan fingerprint density at radius 2 is 1.92 bits per heavy atom. The van der Waals surface area contributed by atoms with E-state index >= 15 is 0 Å². The molecule has 3 rings (SSSR count). The first-order valence-electron chi connectivity index (χ1n) is 8.46. The Hall–Kier alpha value is -2.38. The van der Waals surface area contributed by atoms with Gasteiger partial charge >= 0.3 is 5.69 Å². The number of imidazole rings is 1. The smallest absolute Gasteiger partial charge is 0.294 e. The summed E-state index contributed by atoms with van der Waals surface area (Å²) in [6.45, 7) is 8.95. The van der Waals surface area contributed by atoms with E-state index in [0.717, 1.165) is 25.1 Å². The molecule has 8 nitrogen and oxygen atoms in total. The highest BCUT2D eigenvalue weighted by atomic mass is 16.2. The number of aryl methyl sites for hydroxylation is 1. The van der Waals surface area contributed by atoms with Crippen molar-refractivity contribution in [2.75, 3.05) is 11.6 Å². The first-order chi connectivity index (χ1) is 11.4. The number of fused-ring (bicyclic) bond motifs is 3. The molecule has 0 bridgehead atoms. The largest absolute Gasteiger partial charge is 0.332 e. The summed E-state index contributed by atoms with van der Waals surface area (Å²) >= 11 is 0. The van der Waals surface area contributed by atoms with Crippen LogP contribution in [0.15, 0.2) is 14.7 Å². The standard InChI is InChI=1S/C16H24N6O2/c1-6-8-9-21-15-17-13-12(22(15)11(4)10(3)18-21)14(23)20(7-2)16(24)19(13)5/h11H,6-9H2,1-5H3/t11-/m1/s1. The van der Waals surface area contributed by atoms with E-state index in [0.29, 0.717) is 23.7 Å². The van der Waals surface area contributed by atoms with Crippen LogP contribution in [0.4, 0.5) is 5.95 Å². The van der Waals surface area contributed by atoms with Gasteiger partial charge in [0.2, 0.25) is 5.95 Å². The Kier molecular flexibility index (Phi) is 4.06. The lowest BCUT2D eigenvalue weighted by Crippen LogP contribution is -2.40. The van der Waals surface area contributed by atoms with Crippen molar-refractivity contribution in [3.63, 3.8) is 0 Å². The lowest BCUT2D eigenvalue weighted by molar-refractivity contribution is 0.612. The lowest BCUT2D eigenvalue weighted by Gasteiger charge is -2.29. The maximum absolute atomic E-state index is 12.9. The summed E-state index contributed by atoms with van der Waals surface area (Å²) in [5.74, 6) is 0.637. The summed E-state index contributed by atoms with van der Waals surface area (Å²) in [4.78, 5) is 29.9. The minimum atomic E-state index is -0.337. The molecule has 0 radical (unpaired) electrons. The third kappa shape index (κ3) is 2.20. The molecule has 0 saturated carbocycles. The highest BCUT2D eigenvalue weighted by molar-refractivity contribution is 5.90. The first kappa shape index (κ1) is 16.5. The maximum atomic E-state index is 12.9. The molecule has 1 atom stereocenters. The molecule has 2 aromatic rings. The molecule has 1 aliphatic heterocycles. The second-order valence-electron chi connectivity index (χ2n) is 6.24.